The minimum absolute atomic E-state index is 0.0839. The van der Waals surface area contributed by atoms with E-state index in [2.05, 4.69) is 15.1 Å². The van der Waals surface area contributed by atoms with Gasteiger partial charge in [0.2, 0.25) is 0 Å². The number of halogens is 2. The number of pyridine rings is 2. The summed E-state index contributed by atoms with van der Waals surface area (Å²) in [4.78, 5) is 21.1. The van der Waals surface area contributed by atoms with Crippen molar-refractivity contribution in [2.45, 2.75) is 13.3 Å². The van der Waals surface area contributed by atoms with Gasteiger partial charge in [0.1, 0.15) is 17.3 Å². The summed E-state index contributed by atoms with van der Waals surface area (Å²) in [5.74, 6) is -1.86. The van der Waals surface area contributed by atoms with Crippen LogP contribution in [0.3, 0.4) is 0 Å². The van der Waals surface area contributed by atoms with E-state index in [9.17, 15) is 13.6 Å². The number of carbonyl (C=O) groups is 1. The topological polar surface area (TPSA) is 74.3 Å². The quantitative estimate of drug-likeness (QED) is 0.330. The SMILES string of the molecule is CCOC(=O)Cc1cc(-c2cnc3cc(-c4cnn(C)c4)ccn23)cc(-c2ccc(F)cc2F)n1. The second kappa shape index (κ2) is 9.09. The second-order valence-electron chi connectivity index (χ2n) is 8.03. The third-order valence-electron chi connectivity index (χ3n) is 5.56. The molecule has 0 unspecified atom stereocenters. The van der Waals surface area contributed by atoms with Crippen molar-refractivity contribution in [3.8, 4) is 33.6 Å². The van der Waals surface area contributed by atoms with Gasteiger partial charge in [-0.25, -0.2) is 13.8 Å². The van der Waals surface area contributed by atoms with Gasteiger partial charge in [-0.2, -0.15) is 5.10 Å². The summed E-state index contributed by atoms with van der Waals surface area (Å²) in [7, 11) is 1.86. The van der Waals surface area contributed by atoms with Gasteiger partial charge in [-0.05, 0) is 48.9 Å². The molecular weight excluding hydrogens is 452 g/mol. The van der Waals surface area contributed by atoms with Crippen LogP contribution in [0.1, 0.15) is 12.6 Å². The van der Waals surface area contributed by atoms with Crippen LogP contribution in [0.5, 0.6) is 0 Å². The summed E-state index contributed by atoms with van der Waals surface area (Å²) in [5, 5.41) is 4.21. The van der Waals surface area contributed by atoms with Crippen molar-refractivity contribution in [3.63, 3.8) is 0 Å². The molecule has 5 aromatic rings. The summed E-state index contributed by atoms with van der Waals surface area (Å²) in [6, 6.07) is 10.7. The predicted octanol–water partition coefficient (Wildman–Crippen LogP) is 4.85. The van der Waals surface area contributed by atoms with Gasteiger partial charge in [-0.15, -0.1) is 0 Å². The van der Waals surface area contributed by atoms with Crippen LogP contribution < -0.4 is 0 Å². The maximum atomic E-state index is 14.6. The van der Waals surface area contributed by atoms with Gasteiger partial charge >= 0.3 is 5.97 Å². The predicted molar refractivity (Wildman–Crippen MR) is 126 cm³/mol. The molecule has 0 N–H and O–H groups in total. The fourth-order valence-corrected chi connectivity index (χ4v) is 3.97. The zero-order chi connectivity index (χ0) is 24.5. The van der Waals surface area contributed by atoms with Gasteiger partial charge in [-0.1, -0.05) is 0 Å². The number of aryl methyl sites for hydroxylation is 1. The molecule has 0 spiro atoms. The average Bonchev–Trinajstić information content (AvgIpc) is 3.44. The lowest BCUT2D eigenvalue weighted by molar-refractivity contribution is -0.142. The molecule has 0 atom stereocenters. The maximum absolute atomic E-state index is 14.6. The van der Waals surface area contributed by atoms with E-state index in [1.54, 1.807) is 36.1 Å². The number of hydrogen-bond acceptors (Lipinski definition) is 5. The Labute approximate surface area is 199 Å². The van der Waals surface area contributed by atoms with Crippen LogP contribution in [0.2, 0.25) is 0 Å². The van der Waals surface area contributed by atoms with E-state index in [0.29, 0.717) is 16.9 Å². The molecule has 5 rings (SSSR count). The van der Waals surface area contributed by atoms with Gasteiger partial charge in [0, 0.05) is 42.2 Å². The van der Waals surface area contributed by atoms with E-state index in [1.165, 1.54) is 12.1 Å². The van der Waals surface area contributed by atoms with Crippen LogP contribution in [-0.4, -0.2) is 36.7 Å². The number of nitrogens with zero attached hydrogens (tertiary/aromatic N) is 5. The number of esters is 1. The van der Waals surface area contributed by atoms with Crippen molar-refractivity contribution >= 4 is 11.6 Å². The molecule has 9 heteroatoms. The minimum Gasteiger partial charge on any atom is -0.466 e. The molecule has 176 valence electrons. The normalized spacial score (nSPS) is 11.2. The fourth-order valence-electron chi connectivity index (χ4n) is 3.97. The standard InChI is InChI=1S/C26H21F2N5O2/c1-3-35-26(34)12-20-8-17(9-23(31-20)21-5-4-19(27)11-22(21)28)24-14-29-25-10-16(6-7-33(24)25)18-13-30-32(2)15-18/h4-11,13-15H,3,12H2,1-2H3. The zero-order valence-electron chi connectivity index (χ0n) is 19.1. The number of benzene rings is 1. The van der Waals surface area contributed by atoms with Crippen molar-refractivity contribution in [1.29, 1.82) is 0 Å². The van der Waals surface area contributed by atoms with Gasteiger partial charge in [0.05, 0.1) is 42.5 Å². The third-order valence-corrected chi connectivity index (χ3v) is 5.56. The van der Waals surface area contributed by atoms with E-state index < -0.39 is 17.6 Å². The lowest BCUT2D eigenvalue weighted by atomic mass is 10.0. The van der Waals surface area contributed by atoms with E-state index in [-0.39, 0.29) is 24.3 Å². The number of hydrogen-bond donors (Lipinski definition) is 0. The summed E-state index contributed by atoms with van der Waals surface area (Å²) in [6.07, 6.45) is 7.22. The number of ether oxygens (including phenoxy) is 1. The molecule has 1 aromatic carbocycles. The van der Waals surface area contributed by atoms with Crippen molar-refractivity contribution in [1.82, 2.24) is 24.1 Å². The molecule has 0 saturated heterocycles. The molecule has 4 heterocycles. The maximum Gasteiger partial charge on any atom is 0.311 e. The first-order valence-corrected chi connectivity index (χ1v) is 11.0. The van der Waals surface area contributed by atoms with E-state index >= 15 is 0 Å². The molecule has 4 aromatic heterocycles. The average molecular weight is 473 g/mol. The van der Waals surface area contributed by atoms with Crippen molar-refractivity contribution in [3.05, 3.63) is 84.6 Å². The summed E-state index contributed by atoms with van der Waals surface area (Å²) in [5.41, 5.74) is 4.87. The molecule has 0 fully saturated rings. The monoisotopic (exact) mass is 473 g/mol. The number of rotatable bonds is 6. The summed E-state index contributed by atoms with van der Waals surface area (Å²) < 4.78 is 36.8. The zero-order valence-corrected chi connectivity index (χ0v) is 19.1. The van der Waals surface area contributed by atoms with Gasteiger partial charge in [0.25, 0.3) is 0 Å². The van der Waals surface area contributed by atoms with Crippen LogP contribution in [0, 0.1) is 11.6 Å². The van der Waals surface area contributed by atoms with Crippen molar-refractivity contribution in [2.24, 2.45) is 7.05 Å². The van der Waals surface area contributed by atoms with Crippen LogP contribution >= 0.6 is 0 Å². The Balaban J connectivity index is 1.61. The highest BCUT2D eigenvalue weighted by Gasteiger charge is 2.16. The highest BCUT2D eigenvalue weighted by Crippen LogP contribution is 2.30. The second-order valence-corrected chi connectivity index (χ2v) is 8.03. The van der Waals surface area contributed by atoms with E-state index in [1.807, 2.05) is 36.0 Å². The van der Waals surface area contributed by atoms with Crippen LogP contribution in [-0.2, 0) is 23.0 Å². The molecular formula is C26H21F2N5O2. The van der Waals surface area contributed by atoms with E-state index in [4.69, 9.17) is 4.74 Å². The van der Waals surface area contributed by atoms with Crippen LogP contribution in [0.4, 0.5) is 8.78 Å². The highest BCUT2D eigenvalue weighted by molar-refractivity contribution is 5.76. The molecule has 35 heavy (non-hydrogen) atoms. The number of carbonyl (C=O) groups excluding carboxylic acids is 1. The molecule has 0 bridgehead atoms. The Morgan fingerprint density at radius 2 is 1.89 bits per heavy atom. The highest BCUT2D eigenvalue weighted by atomic mass is 19.1. The Kier molecular flexibility index (Phi) is 5.82. The fraction of sp³-hybridized carbons (Fsp3) is 0.154. The Morgan fingerprint density at radius 1 is 1.03 bits per heavy atom. The first kappa shape index (κ1) is 22.4. The molecule has 0 amide bonds. The summed E-state index contributed by atoms with van der Waals surface area (Å²) >= 11 is 0. The van der Waals surface area contributed by atoms with Crippen molar-refractivity contribution < 1.29 is 18.3 Å². The number of imidazole rings is 1. The number of aromatic nitrogens is 5. The van der Waals surface area contributed by atoms with E-state index in [0.717, 1.165) is 22.9 Å². The molecule has 7 nitrogen and oxygen atoms in total. The molecule has 0 radical (unpaired) electrons. The Bertz CT molecular complexity index is 1560. The number of fused-ring (bicyclic) bond motifs is 1. The third kappa shape index (κ3) is 4.52. The van der Waals surface area contributed by atoms with Crippen LogP contribution in [0.25, 0.3) is 39.3 Å². The van der Waals surface area contributed by atoms with Gasteiger partial charge in [0.15, 0.2) is 0 Å². The lowest BCUT2D eigenvalue weighted by Crippen LogP contribution is -2.09. The first-order chi connectivity index (χ1) is 16.9. The molecule has 0 aliphatic heterocycles. The molecule has 0 aliphatic rings. The van der Waals surface area contributed by atoms with Crippen LogP contribution in [0.15, 0.2) is 67.3 Å². The Hall–Kier alpha value is -4.40. The lowest BCUT2D eigenvalue weighted by Gasteiger charge is -2.11. The molecule has 0 saturated carbocycles. The van der Waals surface area contributed by atoms with Crippen molar-refractivity contribution in [2.75, 3.05) is 6.61 Å². The summed E-state index contributed by atoms with van der Waals surface area (Å²) in [6.45, 7) is 1.96. The molecule has 0 aliphatic carbocycles. The largest absolute Gasteiger partial charge is 0.466 e. The minimum atomic E-state index is -0.740. The smallest absolute Gasteiger partial charge is 0.311 e. The first-order valence-electron chi connectivity index (χ1n) is 11.0. The van der Waals surface area contributed by atoms with Gasteiger partial charge < -0.3 is 4.74 Å². The Morgan fingerprint density at radius 3 is 2.63 bits per heavy atom. The van der Waals surface area contributed by atoms with Gasteiger partial charge in [-0.3, -0.25) is 18.9 Å².